The molecule has 0 atom stereocenters. The highest BCUT2D eigenvalue weighted by Gasteiger charge is 2.19. The van der Waals surface area contributed by atoms with Crippen molar-refractivity contribution in [3.63, 3.8) is 0 Å². The summed E-state index contributed by atoms with van der Waals surface area (Å²) in [6.45, 7) is 3.83. The summed E-state index contributed by atoms with van der Waals surface area (Å²) in [4.78, 5) is 0. The molecule has 0 aliphatic carbocycles. The minimum Gasteiger partial charge on any atom is -0.367 e. The fourth-order valence-corrected chi connectivity index (χ4v) is 2.49. The number of rotatable bonds is 2. The van der Waals surface area contributed by atoms with Crippen LogP contribution < -0.4 is 5.73 Å². The van der Waals surface area contributed by atoms with Crippen molar-refractivity contribution >= 4 is 5.88 Å². The zero-order valence-electron chi connectivity index (χ0n) is 11.9. The first-order valence-electron chi connectivity index (χ1n) is 6.65. The van der Waals surface area contributed by atoms with E-state index in [1.165, 1.54) is 12.1 Å². The molecule has 2 aromatic carbocycles. The fourth-order valence-electron chi connectivity index (χ4n) is 2.49. The standard InChI is InChI=1S/C17H15FN2O/c1-10-7-12(9-13(18)8-10)16-15(17(19)21-20-16)14-6-4-3-5-11(14)2/h3-9H,19H2,1-2H3. The van der Waals surface area contributed by atoms with E-state index in [0.717, 1.165) is 16.7 Å². The molecule has 106 valence electrons. The Kier molecular flexibility index (Phi) is 3.22. The summed E-state index contributed by atoms with van der Waals surface area (Å²) < 4.78 is 18.8. The molecule has 0 aliphatic rings. The van der Waals surface area contributed by atoms with Gasteiger partial charge in [-0.25, -0.2) is 4.39 Å². The quantitative estimate of drug-likeness (QED) is 0.760. The summed E-state index contributed by atoms with van der Waals surface area (Å²) >= 11 is 0. The molecule has 0 bridgehead atoms. The maximum Gasteiger partial charge on any atom is 0.230 e. The molecule has 0 spiro atoms. The highest BCUT2D eigenvalue weighted by molar-refractivity contribution is 5.88. The van der Waals surface area contributed by atoms with E-state index >= 15 is 0 Å². The number of anilines is 1. The molecule has 1 heterocycles. The zero-order chi connectivity index (χ0) is 15.0. The third-order valence-corrected chi connectivity index (χ3v) is 3.45. The van der Waals surface area contributed by atoms with Gasteiger partial charge in [0.2, 0.25) is 5.88 Å². The van der Waals surface area contributed by atoms with Crippen molar-refractivity contribution < 1.29 is 8.91 Å². The molecule has 0 saturated heterocycles. The van der Waals surface area contributed by atoms with Crippen molar-refractivity contribution in [2.75, 3.05) is 5.73 Å². The summed E-state index contributed by atoms with van der Waals surface area (Å²) in [5.74, 6) is -0.0662. The molecule has 0 fully saturated rings. The normalized spacial score (nSPS) is 10.8. The minimum absolute atomic E-state index is 0.237. The Morgan fingerprint density at radius 2 is 1.86 bits per heavy atom. The van der Waals surface area contributed by atoms with Crippen LogP contribution in [0.15, 0.2) is 47.0 Å². The molecule has 4 heteroatoms. The van der Waals surface area contributed by atoms with E-state index in [1.807, 2.05) is 44.2 Å². The Morgan fingerprint density at radius 1 is 1.10 bits per heavy atom. The smallest absolute Gasteiger partial charge is 0.230 e. The van der Waals surface area contributed by atoms with Crippen LogP contribution >= 0.6 is 0 Å². The van der Waals surface area contributed by atoms with Gasteiger partial charge in [0.25, 0.3) is 0 Å². The van der Waals surface area contributed by atoms with Gasteiger partial charge in [-0.05, 0) is 48.7 Å². The zero-order valence-corrected chi connectivity index (χ0v) is 11.9. The summed E-state index contributed by atoms with van der Waals surface area (Å²) in [6.07, 6.45) is 0. The average molecular weight is 282 g/mol. The Labute approximate surface area is 122 Å². The molecular formula is C17H15FN2O. The number of nitrogens with two attached hydrogens (primary N) is 1. The van der Waals surface area contributed by atoms with Crippen LogP contribution in [-0.2, 0) is 0 Å². The third kappa shape index (κ3) is 2.40. The van der Waals surface area contributed by atoms with Gasteiger partial charge in [0, 0.05) is 5.56 Å². The molecule has 3 rings (SSSR count). The SMILES string of the molecule is Cc1cc(F)cc(-c2noc(N)c2-c2ccccc2C)c1. The van der Waals surface area contributed by atoms with E-state index in [0.29, 0.717) is 16.8 Å². The average Bonchev–Trinajstić information content (AvgIpc) is 2.80. The topological polar surface area (TPSA) is 52.0 Å². The number of aromatic nitrogens is 1. The first-order valence-corrected chi connectivity index (χ1v) is 6.65. The highest BCUT2D eigenvalue weighted by Crippen LogP contribution is 2.38. The number of hydrogen-bond acceptors (Lipinski definition) is 3. The predicted molar refractivity (Wildman–Crippen MR) is 81.2 cm³/mol. The largest absolute Gasteiger partial charge is 0.367 e. The van der Waals surface area contributed by atoms with Gasteiger partial charge < -0.3 is 10.3 Å². The van der Waals surface area contributed by atoms with Crippen molar-refractivity contribution in [3.05, 3.63) is 59.4 Å². The molecule has 21 heavy (non-hydrogen) atoms. The summed E-state index contributed by atoms with van der Waals surface area (Å²) in [5.41, 5.74) is 10.7. The number of nitrogen functional groups attached to an aromatic ring is 1. The van der Waals surface area contributed by atoms with Gasteiger partial charge in [-0.3, -0.25) is 0 Å². The van der Waals surface area contributed by atoms with Crippen molar-refractivity contribution in [3.8, 4) is 22.4 Å². The fraction of sp³-hybridized carbons (Fsp3) is 0.118. The van der Waals surface area contributed by atoms with Crippen LogP contribution in [0.1, 0.15) is 11.1 Å². The van der Waals surface area contributed by atoms with Crippen molar-refractivity contribution in [1.82, 2.24) is 5.16 Å². The first kappa shape index (κ1) is 13.4. The van der Waals surface area contributed by atoms with Crippen LogP contribution in [0.25, 0.3) is 22.4 Å². The molecule has 0 aliphatic heterocycles. The lowest BCUT2D eigenvalue weighted by Crippen LogP contribution is -1.91. The van der Waals surface area contributed by atoms with E-state index in [-0.39, 0.29) is 11.7 Å². The van der Waals surface area contributed by atoms with Crippen molar-refractivity contribution in [2.24, 2.45) is 0 Å². The van der Waals surface area contributed by atoms with Gasteiger partial charge >= 0.3 is 0 Å². The molecule has 3 aromatic rings. The van der Waals surface area contributed by atoms with E-state index in [4.69, 9.17) is 10.3 Å². The number of hydrogen-bond donors (Lipinski definition) is 1. The molecule has 1 aromatic heterocycles. The van der Waals surface area contributed by atoms with Crippen LogP contribution in [0.4, 0.5) is 10.3 Å². The van der Waals surface area contributed by atoms with E-state index < -0.39 is 0 Å². The van der Waals surface area contributed by atoms with Gasteiger partial charge in [-0.1, -0.05) is 29.4 Å². The lowest BCUT2D eigenvalue weighted by Gasteiger charge is -2.07. The number of halogens is 1. The molecule has 0 radical (unpaired) electrons. The minimum atomic E-state index is -0.303. The Balaban J connectivity index is 2.24. The van der Waals surface area contributed by atoms with Crippen LogP contribution in [0.2, 0.25) is 0 Å². The van der Waals surface area contributed by atoms with E-state index in [2.05, 4.69) is 5.16 Å². The number of aryl methyl sites for hydroxylation is 2. The van der Waals surface area contributed by atoms with Crippen molar-refractivity contribution in [1.29, 1.82) is 0 Å². The predicted octanol–water partition coefficient (Wildman–Crippen LogP) is 4.35. The maximum atomic E-state index is 13.6. The summed E-state index contributed by atoms with van der Waals surface area (Å²) in [7, 11) is 0. The lowest BCUT2D eigenvalue weighted by atomic mass is 9.96. The van der Waals surface area contributed by atoms with Crippen LogP contribution in [0.3, 0.4) is 0 Å². The Morgan fingerprint density at radius 3 is 2.57 bits per heavy atom. The number of benzene rings is 2. The first-order chi connectivity index (χ1) is 10.1. The second-order valence-electron chi connectivity index (χ2n) is 5.10. The van der Waals surface area contributed by atoms with E-state index in [9.17, 15) is 4.39 Å². The van der Waals surface area contributed by atoms with Crippen LogP contribution in [0, 0.1) is 19.7 Å². The summed E-state index contributed by atoms with van der Waals surface area (Å²) in [5, 5.41) is 4.02. The monoisotopic (exact) mass is 282 g/mol. The molecule has 0 unspecified atom stereocenters. The summed E-state index contributed by atoms with van der Waals surface area (Å²) in [6, 6.07) is 12.6. The molecule has 0 saturated carbocycles. The van der Waals surface area contributed by atoms with E-state index in [1.54, 1.807) is 0 Å². The van der Waals surface area contributed by atoms with Crippen molar-refractivity contribution in [2.45, 2.75) is 13.8 Å². The van der Waals surface area contributed by atoms with Gasteiger partial charge in [-0.15, -0.1) is 0 Å². The van der Waals surface area contributed by atoms with Gasteiger partial charge in [0.1, 0.15) is 11.5 Å². The second-order valence-corrected chi connectivity index (χ2v) is 5.10. The molecule has 2 N–H and O–H groups in total. The molecule has 0 amide bonds. The van der Waals surface area contributed by atoms with Crippen LogP contribution in [-0.4, -0.2) is 5.16 Å². The van der Waals surface area contributed by atoms with Gasteiger partial charge in [0.05, 0.1) is 5.56 Å². The lowest BCUT2D eigenvalue weighted by molar-refractivity contribution is 0.439. The molecule has 3 nitrogen and oxygen atoms in total. The highest BCUT2D eigenvalue weighted by atomic mass is 19.1. The third-order valence-electron chi connectivity index (χ3n) is 3.45. The van der Waals surface area contributed by atoms with Crippen LogP contribution in [0.5, 0.6) is 0 Å². The van der Waals surface area contributed by atoms with Gasteiger partial charge in [-0.2, -0.15) is 0 Å². The Bertz CT molecular complexity index is 788. The van der Waals surface area contributed by atoms with Gasteiger partial charge in [0.15, 0.2) is 0 Å². The Hall–Kier alpha value is -2.62. The maximum absolute atomic E-state index is 13.6. The second kappa shape index (κ2) is 5.05. The molecular weight excluding hydrogens is 267 g/mol. The number of nitrogens with zero attached hydrogens (tertiary/aromatic N) is 1.